The van der Waals surface area contributed by atoms with Crippen LogP contribution in [0.2, 0.25) is 0 Å². The Morgan fingerprint density at radius 1 is 1.38 bits per heavy atom. The maximum atomic E-state index is 8.71. The smallest absolute Gasteiger partial charge is 0.0556 e. The Morgan fingerprint density at radius 3 is 3.08 bits per heavy atom. The predicted octanol–water partition coefficient (Wildman–Crippen LogP) is 1.26. The molecule has 2 rings (SSSR count). The largest absolute Gasteiger partial charge is 0.395 e. The third-order valence-electron chi connectivity index (χ3n) is 2.64. The lowest BCUT2D eigenvalue weighted by atomic mass is 10.1. The summed E-state index contributed by atoms with van der Waals surface area (Å²) in [6, 6.07) is 9.00. The number of aliphatic hydroxyl groups excluding tert-OH is 1. The van der Waals surface area contributed by atoms with Gasteiger partial charge in [0.15, 0.2) is 0 Å². The second-order valence-corrected chi connectivity index (χ2v) is 3.47. The zero-order chi connectivity index (χ0) is 9.10. The van der Waals surface area contributed by atoms with Crippen LogP contribution in [0.3, 0.4) is 0 Å². The van der Waals surface area contributed by atoms with Crippen molar-refractivity contribution in [3.05, 3.63) is 35.4 Å². The van der Waals surface area contributed by atoms with Gasteiger partial charge in [-0.1, -0.05) is 24.3 Å². The van der Waals surface area contributed by atoms with E-state index in [1.54, 1.807) is 0 Å². The minimum absolute atomic E-state index is 0.221. The fourth-order valence-corrected chi connectivity index (χ4v) is 2.01. The number of hydrogen-bond acceptors (Lipinski definition) is 2. The van der Waals surface area contributed by atoms with Gasteiger partial charge in [0.1, 0.15) is 0 Å². The molecule has 0 radical (unpaired) electrons. The highest BCUT2D eigenvalue weighted by Gasteiger charge is 2.20. The van der Waals surface area contributed by atoms with Crippen LogP contribution in [0.1, 0.15) is 23.6 Å². The van der Waals surface area contributed by atoms with Gasteiger partial charge in [-0.3, -0.25) is 0 Å². The average Bonchev–Trinajstić information content (AvgIpc) is 2.58. The van der Waals surface area contributed by atoms with Crippen LogP contribution in [0.5, 0.6) is 0 Å². The molecule has 13 heavy (non-hydrogen) atoms. The number of hydrogen-bond donors (Lipinski definition) is 2. The Balaban J connectivity index is 2.09. The van der Waals surface area contributed by atoms with Crippen LogP contribution < -0.4 is 5.32 Å². The summed E-state index contributed by atoms with van der Waals surface area (Å²) < 4.78 is 0. The topological polar surface area (TPSA) is 32.3 Å². The van der Waals surface area contributed by atoms with E-state index in [4.69, 9.17) is 5.11 Å². The lowest BCUT2D eigenvalue weighted by Crippen LogP contribution is -2.22. The van der Waals surface area contributed by atoms with Gasteiger partial charge in [-0.05, 0) is 24.0 Å². The van der Waals surface area contributed by atoms with Gasteiger partial charge in [-0.15, -0.1) is 0 Å². The van der Waals surface area contributed by atoms with Gasteiger partial charge in [0.05, 0.1) is 6.61 Å². The molecular formula is C11H15NO. The van der Waals surface area contributed by atoms with Crippen LogP contribution in [0, 0.1) is 0 Å². The first-order chi connectivity index (χ1) is 6.42. The monoisotopic (exact) mass is 177 g/mol. The second-order valence-electron chi connectivity index (χ2n) is 3.47. The third-order valence-corrected chi connectivity index (χ3v) is 2.64. The van der Waals surface area contributed by atoms with Crippen molar-refractivity contribution in [2.45, 2.75) is 18.9 Å². The molecule has 0 amide bonds. The van der Waals surface area contributed by atoms with Gasteiger partial charge in [0, 0.05) is 12.6 Å². The molecular weight excluding hydrogens is 162 g/mol. The summed E-state index contributed by atoms with van der Waals surface area (Å²) in [6.45, 7) is 0.914. The molecule has 1 aliphatic rings. The molecule has 0 aromatic heterocycles. The molecule has 0 spiro atoms. The lowest BCUT2D eigenvalue weighted by molar-refractivity contribution is 0.284. The van der Waals surface area contributed by atoms with Crippen molar-refractivity contribution in [3.8, 4) is 0 Å². The highest BCUT2D eigenvalue weighted by Crippen LogP contribution is 2.30. The number of aliphatic hydroxyl groups is 1. The molecule has 2 nitrogen and oxygen atoms in total. The molecule has 1 aliphatic carbocycles. The summed E-state index contributed by atoms with van der Waals surface area (Å²) in [4.78, 5) is 0. The molecule has 0 unspecified atom stereocenters. The minimum atomic E-state index is 0.221. The number of nitrogens with one attached hydrogen (secondary N) is 1. The highest BCUT2D eigenvalue weighted by molar-refractivity contribution is 5.34. The second kappa shape index (κ2) is 3.90. The SMILES string of the molecule is OCCN[C@@H]1CCc2ccccc21. The number of fused-ring (bicyclic) bond motifs is 1. The first-order valence-electron chi connectivity index (χ1n) is 4.84. The Hall–Kier alpha value is -0.860. The summed E-state index contributed by atoms with van der Waals surface area (Å²) >= 11 is 0. The van der Waals surface area contributed by atoms with Gasteiger partial charge in [0.25, 0.3) is 0 Å². The van der Waals surface area contributed by atoms with Gasteiger partial charge < -0.3 is 10.4 Å². The van der Waals surface area contributed by atoms with E-state index < -0.39 is 0 Å². The molecule has 0 heterocycles. The van der Waals surface area contributed by atoms with Gasteiger partial charge in [-0.25, -0.2) is 0 Å². The van der Waals surface area contributed by atoms with Crippen molar-refractivity contribution in [3.63, 3.8) is 0 Å². The van der Waals surface area contributed by atoms with Crippen LogP contribution in [0.25, 0.3) is 0 Å². The van der Waals surface area contributed by atoms with Crippen LogP contribution in [-0.4, -0.2) is 18.3 Å². The predicted molar refractivity (Wildman–Crippen MR) is 52.6 cm³/mol. The molecule has 1 aromatic carbocycles. The maximum Gasteiger partial charge on any atom is 0.0556 e. The molecule has 1 aromatic rings. The summed E-state index contributed by atoms with van der Waals surface area (Å²) in [5.74, 6) is 0. The summed E-state index contributed by atoms with van der Waals surface area (Å²) in [5.41, 5.74) is 2.87. The van der Waals surface area contributed by atoms with Crippen LogP contribution in [0.15, 0.2) is 24.3 Å². The molecule has 1 atom stereocenters. The quantitative estimate of drug-likeness (QED) is 0.728. The fourth-order valence-electron chi connectivity index (χ4n) is 2.01. The van der Waals surface area contributed by atoms with Crippen molar-refractivity contribution >= 4 is 0 Å². The molecule has 2 heteroatoms. The lowest BCUT2D eigenvalue weighted by Gasteiger charge is -2.12. The molecule has 2 N–H and O–H groups in total. The van der Waals surface area contributed by atoms with E-state index in [9.17, 15) is 0 Å². The van der Waals surface area contributed by atoms with Gasteiger partial charge >= 0.3 is 0 Å². The molecule has 0 bridgehead atoms. The standard InChI is InChI=1S/C11H15NO/c13-8-7-12-11-6-5-9-3-1-2-4-10(9)11/h1-4,11-13H,5-8H2/t11-/m1/s1. The van der Waals surface area contributed by atoms with E-state index >= 15 is 0 Å². The Morgan fingerprint density at radius 2 is 2.23 bits per heavy atom. The van der Waals surface area contributed by atoms with E-state index in [0.29, 0.717) is 12.6 Å². The van der Waals surface area contributed by atoms with Crippen LogP contribution in [-0.2, 0) is 6.42 Å². The van der Waals surface area contributed by atoms with E-state index in [2.05, 4.69) is 29.6 Å². The normalized spacial score (nSPS) is 20.2. The molecule has 0 aliphatic heterocycles. The fraction of sp³-hybridized carbons (Fsp3) is 0.455. The first-order valence-corrected chi connectivity index (χ1v) is 4.84. The Labute approximate surface area is 78.6 Å². The Kier molecular flexibility index (Phi) is 2.62. The molecule has 70 valence electrons. The van der Waals surface area contributed by atoms with Crippen molar-refractivity contribution in [2.24, 2.45) is 0 Å². The van der Waals surface area contributed by atoms with Crippen molar-refractivity contribution in [1.29, 1.82) is 0 Å². The third kappa shape index (κ3) is 1.74. The zero-order valence-electron chi connectivity index (χ0n) is 7.66. The minimum Gasteiger partial charge on any atom is -0.395 e. The maximum absolute atomic E-state index is 8.71. The average molecular weight is 177 g/mol. The number of benzene rings is 1. The molecule has 0 fully saturated rings. The number of rotatable bonds is 3. The first kappa shape index (κ1) is 8.73. The van der Waals surface area contributed by atoms with E-state index in [1.807, 2.05) is 0 Å². The Bertz CT molecular complexity index is 285. The van der Waals surface area contributed by atoms with Crippen LogP contribution in [0.4, 0.5) is 0 Å². The summed E-state index contributed by atoms with van der Waals surface area (Å²) in [6.07, 6.45) is 2.33. The van der Waals surface area contributed by atoms with E-state index in [1.165, 1.54) is 24.0 Å². The zero-order valence-corrected chi connectivity index (χ0v) is 7.66. The highest BCUT2D eigenvalue weighted by atomic mass is 16.3. The molecule has 0 saturated carbocycles. The molecule has 0 saturated heterocycles. The van der Waals surface area contributed by atoms with E-state index in [0.717, 1.165) is 0 Å². The summed E-state index contributed by atoms with van der Waals surface area (Å²) in [5, 5.41) is 12.0. The number of aryl methyl sites for hydroxylation is 1. The van der Waals surface area contributed by atoms with E-state index in [-0.39, 0.29) is 6.61 Å². The van der Waals surface area contributed by atoms with Crippen molar-refractivity contribution < 1.29 is 5.11 Å². The van der Waals surface area contributed by atoms with Gasteiger partial charge in [-0.2, -0.15) is 0 Å². The van der Waals surface area contributed by atoms with Gasteiger partial charge in [0.2, 0.25) is 0 Å². The van der Waals surface area contributed by atoms with Crippen molar-refractivity contribution in [2.75, 3.05) is 13.2 Å². The summed E-state index contributed by atoms with van der Waals surface area (Å²) in [7, 11) is 0. The van der Waals surface area contributed by atoms with Crippen molar-refractivity contribution in [1.82, 2.24) is 5.32 Å². The van der Waals surface area contributed by atoms with Crippen LogP contribution >= 0.6 is 0 Å².